The van der Waals surface area contributed by atoms with E-state index in [2.05, 4.69) is 20.4 Å². The summed E-state index contributed by atoms with van der Waals surface area (Å²) in [6.07, 6.45) is 5.81. The molecule has 0 aliphatic carbocycles. The van der Waals surface area contributed by atoms with E-state index in [4.69, 9.17) is 4.74 Å². The number of hydrogen-bond donors (Lipinski definition) is 1. The first kappa shape index (κ1) is 20.5. The number of aryl methyl sites for hydroxylation is 1. The van der Waals surface area contributed by atoms with E-state index in [0.29, 0.717) is 30.4 Å². The molecule has 4 aromatic rings. The zero-order valence-corrected chi connectivity index (χ0v) is 18.0. The number of aliphatic hydroxyl groups is 1. The second-order valence-corrected chi connectivity index (χ2v) is 8.17. The number of hydrogen-bond acceptors (Lipinski definition) is 7. The lowest BCUT2D eigenvalue weighted by Gasteiger charge is -2.27. The highest BCUT2D eigenvalue weighted by Crippen LogP contribution is 2.25. The Balaban J connectivity index is 1.52. The van der Waals surface area contributed by atoms with Gasteiger partial charge in [-0.1, -0.05) is 11.3 Å². The molecule has 0 bridgehead atoms. The molecule has 9 nitrogen and oxygen atoms in total. The largest absolute Gasteiger partial charge is 0.391 e. The first-order chi connectivity index (χ1) is 15.5. The van der Waals surface area contributed by atoms with Gasteiger partial charge in [0.2, 0.25) is 0 Å². The van der Waals surface area contributed by atoms with Crippen molar-refractivity contribution in [1.82, 2.24) is 29.8 Å². The fraction of sp³-hybridized carbons (Fsp3) is 0.348. The Kier molecular flexibility index (Phi) is 5.28. The number of aliphatic hydroxyl groups excluding tert-OH is 1. The maximum atomic E-state index is 13.3. The SMILES string of the molecule is Cc1c(Cc2ccc(-n3cccn3)nc2)cc2c(=O)n([C@H]3COCC[C@@H]3O)nnc2c1C. The molecule has 2 atom stereocenters. The van der Waals surface area contributed by atoms with Crippen molar-refractivity contribution in [3.63, 3.8) is 0 Å². The third-order valence-corrected chi connectivity index (χ3v) is 6.20. The summed E-state index contributed by atoms with van der Waals surface area (Å²) in [5, 5.41) is 23.5. The van der Waals surface area contributed by atoms with E-state index in [1.165, 1.54) is 4.68 Å². The summed E-state index contributed by atoms with van der Waals surface area (Å²) in [6.45, 7) is 4.70. The van der Waals surface area contributed by atoms with Crippen LogP contribution in [-0.4, -0.2) is 54.2 Å². The third-order valence-electron chi connectivity index (χ3n) is 6.20. The standard InChI is InChI=1S/C23H24N6O3/c1-14-15(2)22-18(23(31)29(27-26-22)19-13-32-9-6-20(19)30)11-17(14)10-16-4-5-21(24-12-16)28-8-3-7-25-28/h3-5,7-8,11-12,19-20,30H,6,9-10,13H2,1-2H3/t19-,20-/m0/s1. The highest BCUT2D eigenvalue weighted by Gasteiger charge is 2.28. The molecule has 0 radical (unpaired) electrons. The summed E-state index contributed by atoms with van der Waals surface area (Å²) in [6, 6.07) is 7.15. The second kappa shape index (κ2) is 8.25. The molecule has 5 rings (SSSR count). The maximum Gasteiger partial charge on any atom is 0.278 e. The monoisotopic (exact) mass is 432 g/mol. The van der Waals surface area contributed by atoms with E-state index in [1.54, 1.807) is 10.9 Å². The Morgan fingerprint density at radius 2 is 2.12 bits per heavy atom. The predicted molar refractivity (Wildman–Crippen MR) is 118 cm³/mol. The molecule has 0 spiro atoms. The van der Waals surface area contributed by atoms with Crippen molar-refractivity contribution >= 4 is 10.9 Å². The minimum Gasteiger partial charge on any atom is -0.391 e. The van der Waals surface area contributed by atoms with Gasteiger partial charge in [-0.3, -0.25) is 4.79 Å². The average Bonchev–Trinajstić information content (AvgIpc) is 3.34. The summed E-state index contributed by atoms with van der Waals surface area (Å²) in [5.74, 6) is 0.747. The Morgan fingerprint density at radius 1 is 1.25 bits per heavy atom. The minimum absolute atomic E-state index is 0.243. The predicted octanol–water partition coefficient (Wildman–Crippen LogP) is 1.90. The molecular weight excluding hydrogens is 408 g/mol. The molecule has 32 heavy (non-hydrogen) atoms. The van der Waals surface area contributed by atoms with Crippen molar-refractivity contribution in [2.24, 2.45) is 0 Å². The minimum atomic E-state index is -0.682. The summed E-state index contributed by atoms with van der Waals surface area (Å²) in [4.78, 5) is 17.8. The average molecular weight is 432 g/mol. The fourth-order valence-electron chi connectivity index (χ4n) is 4.15. The van der Waals surface area contributed by atoms with Gasteiger partial charge in [-0.15, -0.1) is 5.10 Å². The van der Waals surface area contributed by atoms with Gasteiger partial charge in [0.25, 0.3) is 5.56 Å². The summed E-state index contributed by atoms with van der Waals surface area (Å²) in [7, 11) is 0. The van der Waals surface area contributed by atoms with E-state index < -0.39 is 12.1 Å². The lowest BCUT2D eigenvalue weighted by molar-refractivity contribution is -0.0352. The molecule has 1 N–H and O–H groups in total. The number of nitrogens with zero attached hydrogens (tertiary/aromatic N) is 6. The van der Waals surface area contributed by atoms with Crippen LogP contribution in [0.4, 0.5) is 0 Å². The van der Waals surface area contributed by atoms with Crippen LogP contribution in [0.2, 0.25) is 0 Å². The zero-order valence-electron chi connectivity index (χ0n) is 18.0. The van der Waals surface area contributed by atoms with Gasteiger partial charge in [0, 0.05) is 25.2 Å². The molecule has 1 saturated heterocycles. The Bertz CT molecular complexity index is 1310. The van der Waals surface area contributed by atoms with E-state index >= 15 is 0 Å². The Morgan fingerprint density at radius 3 is 2.84 bits per heavy atom. The topological polar surface area (TPSA) is 108 Å². The van der Waals surface area contributed by atoms with Crippen LogP contribution in [0.1, 0.15) is 34.7 Å². The Labute approximate surface area is 184 Å². The molecule has 0 amide bonds. The van der Waals surface area contributed by atoms with Crippen molar-refractivity contribution in [2.75, 3.05) is 13.2 Å². The van der Waals surface area contributed by atoms with Crippen molar-refractivity contribution in [2.45, 2.75) is 38.8 Å². The lowest BCUT2D eigenvalue weighted by atomic mass is 9.95. The van der Waals surface area contributed by atoms with E-state index in [0.717, 1.165) is 28.1 Å². The molecule has 164 valence electrons. The summed E-state index contributed by atoms with van der Waals surface area (Å²) in [5.41, 5.74) is 4.38. The summed E-state index contributed by atoms with van der Waals surface area (Å²) < 4.78 is 8.43. The highest BCUT2D eigenvalue weighted by molar-refractivity contribution is 5.82. The smallest absolute Gasteiger partial charge is 0.278 e. The van der Waals surface area contributed by atoms with Gasteiger partial charge in [-0.2, -0.15) is 5.10 Å². The van der Waals surface area contributed by atoms with Gasteiger partial charge >= 0.3 is 0 Å². The van der Waals surface area contributed by atoms with E-state index in [1.807, 2.05) is 50.5 Å². The van der Waals surface area contributed by atoms with Crippen molar-refractivity contribution < 1.29 is 9.84 Å². The Hall–Kier alpha value is -3.43. The van der Waals surface area contributed by atoms with E-state index in [9.17, 15) is 9.90 Å². The number of aromatic nitrogens is 6. The van der Waals surface area contributed by atoms with Gasteiger partial charge in [-0.05, 0) is 67.1 Å². The second-order valence-electron chi connectivity index (χ2n) is 8.17. The van der Waals surface area contributed by atoms with Crippen LogP contribution >= 0.6 is 0 Å². The van der Waals surface area contributed by atoms with Gasteiger partial charge in [0.15, 0.2) is 5.82 Å². The maximum absolute atomic E-state index is 13.3. The first-order valence-corrected chi connectivity index (χ1v) is 10.6. The molecule has 1 aromatic carbocycles. The number of benzene rings is 1. The zero-order chi connectivity index (χ0) is 22.2. The van der Waals surface area contributed by atoms with Crippen LogP contribution in [0, 0.1) is 13.8 Å². The van der Waals surface area contributed by atoms with Gasteiger partial charge in [-0.25, -0.2) is 14.3 Å². The molecule has 4 heterocycles. The molecule has 1 aliphatic rings. The number of ether oxygens (including phenoxy) is 1. The third kappa shape index (κ3) is 3.59. The normalized spacial score (nSPS) is 18.8. The molecule has 9 heteroatoms. The van der Waals surface area contributed by atoms with E-state index in [-0.39, 0.29) is 12.2 Å². The van der Waals surface area contributed by atoms with Crippen LogP contribution < -0.4 is 5.56 Å². The number of pyridine rings is 1. The van der Waals surface area contributed by atoms with Crippen LogP contribution in [0.5, 0.6) is 0 Å². The summed E-state index contributed by atoms with van der Waals surface area (Å²) >= 11 is 0. The molecule has 3 aromatic heterocycles. The van der Waals surface area contributed by atoms with Crippen molar-refractivity contribution in [1.29, 1.82) is 0 Å². The van der Waals surface area contributed by atoms with Crippen LogP contribution in [0.3, 0.4) is 0 Å². The van der Waals surface area contributed by atoms with Gasteiger partial charge in [0.05, 0.1) is 18.1 Å². The fourth-order valence-corrected chi connectivity index (χ4v) is 4.15. The van der Waals surface area contributed by atoms with Crippen LogP contribution in [0.15, 0.2) is 47.7 Å². The number of fused-ring (bicyclic) bond motifs is 1. The lowest BCUT2D eigenvalue weighted by Crippen LogP contribution is -2.41. The van der Waals surface area contributed by atoms with Crippen molar-refractivity contribution in [3.8, 4) is 5.82 Å². The van der Waals surface area contributed by atoms with Crippen LogP contribution in [0.25, 0.3) is 16.7 Å². The number of rotatable bonds is 4. The molecule has 1 fully saturated rings. The molecule has 0 saturated carbocycles. The van der Waals surface area contributed by atoms with Gasteiger partial charge in [0.1, 0.15) is 11.6 Å². The molecular formula is C23H24N6O3. The molecule has 0 unspecified atom stereocenters. The highest BCUT2D eigenvalue weighted by atomic mass is 16.5. The van der Waals surface area contributed by atoms with Crippen LogP contribution in [-0.2, 0) is 11.2 Å². The first-order valence-electron chi connectivity index (χ1n) is 10.6. The molecule has 1 aliphatic heterocycles. The quantitative estimate of drug-likeness (QED) is 0.525. The van der Waals surface area contributed by atoms with Gasteiger partial charge < -0.3 is 9.84 Å². The van der Waals surface area contributed by atoms with Crippen molar-refractivity contribution in [3.05, 3.63) is 75.5 Å².